The molecule has 1 fully saturated rings. The van der Waals surface area contributed by atoms with E-state index in [1.54, 1.807) is 19.2 Å². The maximum absolute atomic E-state index is 13.6. The maximum atomic E-state index is 13.6. The molecule has 0 spiro atoms. The van der Waals surface area contributed by atoms with Gasteiger partial charge in [0, 0.05) is 24.2 Å². The molecule has 1 saturated heterocycles. The van der Waals surface area contributed by atoms with Crippen molar-refractivity contribution in [1.29, 1.82) is 0 Å². The molecule has 0 aromatic heterocycles. The molecule has 1 heterocycles. The molecule has 3 rings (SSSR count). The van der Waals surface area contributed by atoms with Crippen LogP contribution in [0.1, 0.15) is 35.6 Å². The molecule has 3 nitrogen and oxygen atoms in total. The summed E-state index contributed by atoms with van der Waals surface area (Å²) in [5.74, 6) is 0.721. The van der Waals surface area contributed by atoms with Crippen molar-refractivity contribution < 1.29 is 9.13 Å². The summed E-state index contributed by atoms with van der Waals surface area (Å²) in [6.45, 7) is 3.79. The van der Waals surface area contributed by atoms with Crippen molar-refractivity contribution >= 4 is 0 Å². The van der Waals surface area contributed by atoms with E-state index in [1.165, 1.54) is 11.6 Å². The number of methoxy groups -OCH3 is 1. The highest BCUT2D eigenvalue weighted by Crippen LogP contribution is 2.26. The molecule has 0 amide bonds. The number of benzene rings is 2. The number of piperidine rings is 1. The van der Waals surface area contributed by atoms with Crippen molar-refractivity contribution in [2.45, 2.75) is 38.4 Å². The third-order valence-corrected chi connectivity index (χ3v) is 4.66. The van der Waals surface area contributed by atoms with E-state index in [9.17, 15) is 4.39 Å². The molecule has 2 atom stereocenters. The van der Waals surface area contributed by atoms with Gasteiger partial charge in [0.1, 0.15) is 11.6 Å². The lowest BCUT2D eigenvalue weighted by Crippen LogP contribution is -2.45. The number of aryl methyl sites for hydroxylation is 1. The highest BCUT2D eigenvalue weighted by Gasteiger charge is 2.26. The lowest BCUT2D eigenvalue weighted by atomic mass is 9.92. The van der Waals surface area contributed by atoms with Crippen LogP contribution in [0.15, 0.2) is 42.5 Å². The fraction of sp³-hybridized carbons (Fsp3) is 0.400. The molecule has 0 radical (unpaired) electrons. The second-order valence-corrected chi connectivity index (χ2v) is 6.43. The normalized spacial score (nSPS) is 20.8. The molecule has 2 aromatic rings. The first-order chi connectivity index (χ1) is 11.7. The van der Waals surface area contributed by atoms with Gasteiger partial charge in [-0.2, -0.15) is 0 Å². The fourth-order valence-electron chi connectivity index (χ4n) is 3.45. The quantitative estimate of drug-likeness (QED) is 0.877. The summed E-state index contributed by atoms with van der Waals surface area (Å²) in [4.78, 5) is 0. The van der Waals surface area contributed by atoms with Gasteiger partial charge in [-0.3, -0.25) is 0 Å². The molecular formula is C20H25FN2O. The SMILES string of the molecule is COc1ccc(C)cc1CNC1CCCNC1c1cccc(F)c1. The first kappa shape index (κ1) is 16.9. The average Bonchev–Trinajstić information content (AvgIpc) is 2.60. The third kappa shape index (κ3) is 3.94. The van der Waals surface area contributed by atoms with E-state index in [-0.39, 0.29) is 17.9 Å². The van der Waals surface area contributed by atoms with Gasteiger partial charge in [0.2, 0.25) is 0 Å². The summed E-state index contributed by atoms with van der Waals surface area (Å²) in [6, 6.07) is 13.5. The van der Waals surface area contributed by atoms with Gasteiger partial charge >= 0.3 is 0 Å². The Hall–Kier alpha value is -1.91. The summed E-state index contributed by atoms with van der Waals surface area (Å²) in [5, 5.41) is 7.17. The standard InChI is InChI=1S/C20H25FN2O/c1-14-8-9-19(24-2)16(11-14)13-23-18-7-4-10-22-20(18)15-5-3-6-17(21)12-15/h3,5-6,8-9,11-12,18,20,22-23H,4,7,10,13H2,1-2H3. The third-order valence-electron chi connectivity index (χ3n) is 4.66. The van der Waals surface area contributed by atoms with Crippen LogP contribution in [-0.4, -0.2) is 19.7 Å². The summed E-state index contributed by atoms with van der Waals surface area (Å²) >= 11 is 0. The molecule has 4 heteroatoms. The summed E-state index contributed by atoms with van der Waals surface area (Å²) in [6.07, 6.45) is 2.19. The number of ether oxygens (including phenoxy) is 1. The Morgan fingerprint density at radius 2 is 2.12 bits per heavy atom. The fourth-order valence-corrected chi connectivity index (χ4v) is 3.45. The molecule has 128 valence electrons. The Kier molecular flexibility index (Phi) is 5.48. The van der Waals surface area contributed by atoms with Gasteiger partial charge in [-0.25, -0.2) is 4.39 Å². The van der Waals surface area contributed by atoms with Crippen LogP contribution in [-0.2, 0) is 6.54 Å². The maximum Gasteiger partial charge on any atom is 0.123 e. The average molecular weight is 328 g/mol. The van der Waals surface area contributed by atoms with Crippen molar-refractivity contribution in [3.05, 3.63) is 65.0 Å². The molecule has 0 aliphatic carbocycles. The summed E-state index contributed by atoms with van der Waals surface area (Å²) in [7, 11) is 1.70. The molecule has 24 heavy (non-hydrogen) atoms. The van der Waals surface area contributed by atoms with Gasteiger partial charge in [0.15, 0.2) is 0 Å². The Bertz CT molecular complexity index is 689. The summed E-state index contributed by atoms with van der Waals surface area (Å²) < 4.78 is 19.0. The molecule has 2 N–H and O–H groups in total. The highest BCUT2D eigenvalue weighted by atomic mass is 19.1. The first-order valence-corrected chi connectivity index (χ1v) is 8.53. The van der Waals surface area contributed by atoms with Crippen LogP contribution in [0.3, 0.4) is 0 Å². The van der Waals surface area contributed by atoms with Crippen molar-refractivity contribution in [2.24, 2.45) is 0 Å². The van der Waals surface area contributed by atoms with E-state index >= 15 is 0 Å². The number of hydrogen-bond donors (Lipinski definition) is 2. The van der Waals surface area contributed by atoms with E-state index in [2.05, 4.69) is 29.7 Å². The Morgan fingerprint density at radius 3 is 2.92 bits per heavy atom. The Labute approximate surface area is 143 Å². The number of hydrogen-bond acceptors (Lipinski definition) is 3. The van der Waals surface area contributed by atoms with E-state index in [1.807, 2.05) is 12.1 Å². The van der Waals surface area contributed by atoms with Crippen LogP contribution in [0.2, 0.25) is 0 Å². The lowest BCUT2D eigenvalue weighted by Gasteiger charge is -2.34. The van der Waals surface area contributed by atoms with Crippen LogP contribution in [0.4, 0.5) is 4.39 Å². The molecule has 0 bridgehead atoms. The second-order valence-electron chi connectivity index (χ2n) is 6.43. The summed E-state index contributed by atoms with van der Waals surface area (Å²) in [5.41, 5.74) is 3.38. The monoisotopic (exact) mass is 328 g/mol. The largest absolute Gasteiger partial charge is 0.496 e. The van der Waals surface area contributed by atoms with Crippen LogP contribution < -0.4 is 15.4 Å². The van der Waals surface area contributed by atoms with E-state index < -0.39 is 0 Å². The van der Waals surface area contributed by atoms with E-state index in [4.69, 9.17) is 4.74 Å². The molecule has 1 aliphatic rings. The minimum absolute atomic E-state index is 0.130. The van der Waals surface area contributed by atoms with Crippen molar-refractivity contribution in [2.75, 3.05) is 13.7 Å². The van der Waals surface area contributed by atoms with E-state index in [0.29, 0.717) is 0 Å². The highest BCUT2D eigenvalue weighted by molar-refractivity contribution is 5.37. The van der Waals surface area contributed by atoms with Gasteiger partial charge < -0.3 is 15.4 Å². The van der Waals surface area contributed by atoms with Gasteiger partial charge in [-0.1, -0.05) is 29.8 Å². The van der Waals surface area contributed by atoms with Crippen molar-refractivity contribution in [1.82, 2.24) is 10.6 Å². The number of nitrogens with one attached hydrogen (secondary N) is 2. The topological polar surface area (TPSA) is 33.3 Å². The molecule has 1 aliphatic heterocycles. The van der Waals surface area contributed by atoms with Gasteiger partial charge in [0.25, 0.3) is 0 Å². The smallest absolute Gasteiger partial charge is 0.123 e. The lowest BCUT2D eigenvalue weighted by molar-refractivity contribution is 0.302. The van der Waals surface area contributed by atoms with Crippen LogP contribution in [0.25, 0.3) is 0 Å². The van der Waals surface area contributed by atoms with Crippen molar-refractivity contribution in [3.63, 3.8) is 0 Å². The van der Waals surface area contributed by atoms with E-state index in [0.717, 1.165) is 42.8 Å². The van der Waals surface area contributed by atoms with Gasteiger partial charge in [0.05, 0.1) is 7.11 Å². The molecule has 2 aromatic carbocycles. The minimum Gasteiger partial charge on any atom is -0.496 e. The predicted molar refractivity (Wildman–Crippen MR) is 94.7 cm³/mol. The predicted octanol–water partition coefficient (Wildman–Crippen LogP) is 3.73. The zero-order valence-corrected chi connectivity index (χ0v) is 14.3. The first-order valence-electron chi connectivity index (χ1n) is 8.53. The van der Waals surface area contributed by atoms with Gasteiger partial charge in [-0.15, -0.1) is 0 Å². The minimum atomic E-state index is -0.182. The Balaban J connectivity index is 1.74. The molecule has 0 saturated carbocycles. The Morgan fingerprint density at radius 1 is 1.25 bits per heavy atom. The van der Waals surface area contributed by atoms with Crippen LogP contribution in [0.5, 0.6) is 5.75 Å². The second kappa shape index (κ2) is 7.77. The zero-order valence-electron chi connectivity index (χ0n) is 14.3. The van der Waals surface area contributed by atoms with Gasteiger partial charge in [-0.05, 0) is 50.1 Å². The zero-order chi connectivity index (χ0) is 16.9. The number of rotatable bonds is 5. The molecule has 2 unspecified atom stereocenters. The van der Waals surface area contributed by atoms with Crippen LogP contribution in [0, 0.1) is 12.7 Å². The van der Waals surface area contributed by atoms with Crippen LogP contribution >= 0.6 is 0 Å². The van der Waals surface area contributed by atoms with Crippen molar-refractivity contribution in [3.8, 4) is 5.75 Å². The molecular weight excluding hydrogens is 303 g/mol. The number of halogens is 1.